The highest BCUT2D eigenvalue weighted by atomic mass is 16.1. The van der Waals surface area contributed by atoms with Crippen LogP contribution in [-0.4, -0.2) is 18.7 Å². The molecular weight excluding hydrogens is 166 g/mol. The molecule has 0 aromatic rings. The first-order valence-electron chi connectivity index (χ1n) is 4.87. The molecule has 0 aliphatic heterocycles. The lowest BCUT2D eigenvalue weighted by atomic mass is 10.1. The Labute approximate surface area is 80.9 Å². The van der Waals surface area contributed by atoms with Crippen LogP contribution in [0.15, 0.2) is 0 Å². The van der Waals surface area contributed by atoms with Gasteiger partial charge in [0.25, 0.3) is 0 Å². The highest BCUT2D eigenvalue weighted by molar-refractivity contribution is 5.76. The third-order valence-corrected chi connectivity index (χ3v) is 1.46. The normalized spacial score (nSPS) is 8.31. The van der Waals surface area contributed by atoms with Crippen molar-refractivity contribution >= 4 is 11.7 Å². The minimum Gasteiger partial charge on any atom is -0.359 e. The third-order valence-electron chi connectivity index (χ3n) is 1.46. The molecule has 0 bridgehead atoms. The van der Waals surface area contributed by atoms with Crippen molar-refractivity contribution in [3.05, 3.63) is 0 Å². The van der Waals surface area contributed by atoms with Crippen LogP contribution >= 0.6 is 0 Å². The molecule has 0 radical (unpaired) electrons. The molecule has 13 heavy (non-hydrogen) atoms. The first kappa shape index (κ1) is 14.7. The number of carbonyl (C=O) groups is 2. The van der Waals surface area contributed by atoms with Crippen LogP contribution in [0.3, 0.4) is 0 Å². The van der Waals surface area contributed by atoms with E-state index >= 15 is 0 Å². The van der Waals surface area contributed by atoms with Crippen molar-refractivity contribution in [1.29, 1.82) is 0 Å². The van der Waals surface area contributed by atoms with E-state index in [0.29, 0.717) is 12.8 Å². The van der Waals surface area contributed by atoms with Gasteiger partial charge in [-0.1, -0.05) is 13.8 Å². The second kappa shape index (κ2) is 11.1. The molecule has 0 aromatic heterocycles. The average molecular weight is 187 g/mol. The number of rotatable bonds is 5. The summed E-state index contributed by atoms with van der Waals surface area (Å²) in [5.41, 5.74) is 0. The minimum atomic E-state index is 0.0496. The fraction of sp³-hybridized carbons (Fsp3) is 0.800. The molecule has 0 heterocycles. The Morgan fingerprint density at radius 3 is 1.92 bits per heavy atom. The van der Waals surface area contributed by atoms with Crippen LogP contribution in [0.4, 0.5) is 0 Å². The van der Waals surface area contributed by atoms with E-state index in [2.05, 4.69) is 5.32 Å². The Hall–Kier alpha value is -0.860. The number of carbonyl (C=O) groups excluding carboxylic acids is 2. The van der Waals surface area contributed by atoms with Gasteiger partial charge in [-0.15, -0.1) is 0 Å². The number of ketones is 1. The molecule has 0 saturated heterocycles. The van der Waals surface area contributed by atoms with Crippen LogP contribution in [0.25, 0.3) is 0 Å². The second-order valence-electron chi connectivity index (χ2n) is 2.58. The summed E-state index contributed by atoms with van der Waals surface area (Å²) >= 11 is 0. The Balaban J connectivity index is 0. The number of hydrogen-bond donors (Lipinski definition) is 1. The molecule has 0 unspecified atom stereocenters. The Kier molecular flexibility index (Phi) is 12.6. The van der Waals surface area contributed by atoms with Gasteiger partial charge in [0.15, 0.2) is 0 Å². The van der Waals surface area contributed by atoms with Crippen molar-refractivity contribution in [2.75, 3.05) is 7.05 Å². The summed E-state index contributed by atoms with van der Waals surface area (Å²) in [6.45, 7) is 5.57. The van der Waals surface area contributed by atoms with Crippen molar-refractivity contribution in [2.45, 2.75) is 46.5 Å². The number of unbranched alkanes of at least 4 members (excludes halogenated alkanes) is 1. The van der Waals surface area contributed by atoms with Gasteiger partial charge in [0.2, 0.25) is 5.91 Å². The van der Waals surface area contributed by atoms with E-state index in [1.165, 1.54) is 0 Å². The topological polar surface area (TPSA) is 46.2 Å². The van der Waals surface area contributed by atoms with Gasteiger partial charge in [0, 0.05) is 19.9 Å². The van der Waals surface area contributed by atoms with Crippen molar-refractivity contribution in [3.8, 4) is 0 Å². The van der Waals surface area contributed by atoms with E-state index in [-0.39, 0.29) is 11.7 Å². The van der Waals surface area contributed by atoms with Gasteiger partial charge in [-0.05, 0) is 19.8 Å². The Morgan fingerprint density at radius 2 is 1.54 bits per heavy atom. The quantitative estimate of drug-likeness (QED) is 0.668. The molecular formula is C10H21NO2. The van der Waals surface area contributed by atoms with Gasteiger partial charge in [0.1, 0.15) is 5.78 Å². The van der Waals surface area contributed by atoms with E-state index in [0.717, 1.165) is 12.8 Å². The number of nitrogens with one attached hydrogen (secondary N) is 1. The second-order valence-corrected chi connectivity index (χ2v) is 2.58. The predicted octanol–water partition coefficient (Wildman–Crippen LogP) is 1.91. The summed E-state index contributed by atoms with van der Waals surface area (Å²) in [6.07, 6.45) is 2.75. The summed E-state index contributed by atoms with van der Waals surface area (Å²) in [4.78, 5) is 21.1. The van der Waals surface area contributed by atoms with Crippen molar-refractivity contribution in [2.24, 2.45) is 0 Å². The van der Waals surface area contributed by atoms with Crippen LogP contribution in [0.2, 0.25) is 0 Å². The van der Waals surface area contributed by atoms with Crippen molar-refractivity contribution in [1.82, 2.24) is 5.32 Å². The predicted molar refractivity (Wildman–Crippen MR) is 54.6 cm³/mol. The fourth-order valence-electron chi connectivity index (χ4n) is 0.785. The molecule has 0 aliphatic carbocycles. The lowest BCUT2D eigenvalue weighted by Crippen LogP contribution is -2.16. The zero-order chi connectivity index (χ0) is 10.7. The largest absolute Gasteiger partial charge is 0.359 e. The highest BCUT2D eigenvalue weighted by Crippen LogP contribution is 1.99. The molecule has 3 heteroatoms. The number of hydrogen-bond acceptors (Lipinski definition) is 2. The molecule has 1 N–H and O–H groups in total. The Morgan fingerprint density at radius 1 is 1.08 bits per heavy atom. The zero-order valence-electron chi connectivity index (χ0n) is 9.14. The molecule has 3 nitrogen and oxygen atoms in total. The molecule has 0 fully saturated rings. The van der Waals surface area contributed by atoms with Crippen LogP contribution in [0, 0.1) is 0 Å². The van der Waals surface area contributed by atoms with Gasteiger partial charge >= 0.3 is 0 Å². The van der Waals surface area contributed by atoms with Crippen molar-refractivity contribution in [3.63, 3.8) is 0 Å². The molecule has 0 spiro atoms. The maximum Gasteiger partial charge on any atom is 0.219 e. The molecule has 78 valence electrons. The number of amides is 1. The van der Waals surface area contributed by atoms with E-state index in [1.807, 2.05) is 13.8 Å². The first-order valence-corrected chi connectivity index (χ1v) is 4.87. The van der Waals surface area contributed by atoms with Crippen molar-refractivity contribution < 1.29 is 9.59 Å². The van der Waals surface area contributed by atoms with E-state index in [9.17, 15) is 9.59 Å². The van der Waals surface area contributed by atoms with Gasteiger partial charge in [-0.2, -0.15) is 0 Å². The standard InChI is InChI=1S/C8H15NO2.C2H6/c1-7(10)5-3-4-6-8(11)9-2;1-2/h3-6H2,1-2H3,(H,9,11);1-2H3. The number of Topliss-reactive ketones (excluding diaryl/α,β-unsaturated/α-hetero) is 1. The van der Waals surface area contributed by atoms with E-state index in [4.69, 9.17) is 0 Å². The monoisotopic (exact) mass is 187 g/mol. The van der Waals surface area contributed by atoms with E-state index in [1.54, 1.807) is 14.0 Å². The van der Waals surface area contributed by atoms with Gasteiger partial charge in [0.05, 0.1) is 0 Å². The summed E-state index contributed by atoms with van der Waals surface area (Å²) in [5, 5.41) is 2.53. The molecule has 0 aromatic carbocycles. The summed E-state index contributed by atoms with van der Waals surface area (Å²) in [5.74, 6) is 0.246. The SMILES string of the molecule is CC.CNC(=O)CCCCC(C)=O. The lowest BCUT2D eigenvalue weighted by molar-refractivity contribution is -0.121. The molecule has 0 rings (SSSR count). The molecule has 0 saturated carbocycles. The lowest BCUT2D eigenvalue weighted by Gasteiger charge is -1.97. The highest BCUT2D eigenvalue weighted by Gasteiger charge is 1.98. The maximum atomic E-state index is 10.7. The summed E-state index contributed by atoms with van der Waals surface area (Å²) < 4.78 is 0. The fourth-order valence-corrected chi connectivity index (χ4v) is 0.785. The minimum absolute atomic E-state index is 0.0496. The van der Waals surface area contributed by atoms with E-state index < -0.39 is 0 Å². The van der Waals surface area contributed by atoms with Gasteiger partial charge in [-0.25, -0.2) is 0 Å². The molecule has 0 aliphatic rings. The smallest absolute Gasteiger partial charge is 0.219 e. The Bertz CT molecular complexity index is 144. The molecule has 1 amide bonds. The van der Waals surface area contributed by atoms with Crippen LogP contribution in [0.1, 0.15) is 46.5 Å². The van der Waals surface area contributed by atoms with Crippen LogP contribution < -0.4 is 5.32 Å². The van der Waals surface area contributed by atoms with Gasteiger partial charge in [-0.3, -0.25) is 4.79 Å². The average Bonchev–Trinajstić information content (AvgIpc) is 2.15. The summed E-state index contributed by atoms with van der Waals surface area (Å²) in [6, 6.07) is 0. The third kappa shape index (κ3) is 14.0. The van der Waals surface area contributed by atoms with Crippen LogP contribution in [0.5, 0.6) is 0 Å². The van der Waals surface area contributed by atoms with Crippen LogP contribution in [-0.2, 0) is 9.59 Å². The van der Waals surface area contributed by atoms with Gasteiger partial charge < -0.3 is 10.1 Å². The zero-order valence-corrected chi connectivity index (χ0v) is 9.14. The maximum absolute atomic E-state index is 10.7. The summed E-state index contributed by atoms with van der Waals surface area (Å²) in [7, 11) is 1.62. The molecule has 0 atom stereocenters. The first-order chi connectivity index (χ1) is 6.16.